The number of nitrogens with one attached hydrogen (secondary N) is 1. The average molecular weight is 252 g/mol. The van der Waals surface area contributed by atoms with Crippen LogP contribution in [-0.4, -0.2) is 42.2 Å². The van der Waals surface area contributed by atoms with Gasteiger partial charge in [-0.3, -0.25) is 4.79 Å². The minimum absolute atomic E-state index is 0.159. The van der Waals surface area contributed by atoms with E-state index in [1.165, 1.54) is 4.90 Å². The zero-order valence-electron chi connectivity index (χ0n) is 10.2. The van der Waals surface area contributed by atoms with Crippen LogP contribution in [0.1, 0.15) is 33.1 Å². The van der Waals surface area contributed by atoms with E-state index in [-0.39, 0.29) is 24.5 Å². The van der Waals surface area contributed by atoms with Crippen molar-refractivity contribution in [2.24, 2.45) is 0 Å². The molecule has 0 saturated carbocycles. The molecule has 0 aromatic rings. The van der Waals surface area contributed by atoms with Crippen LogP contribution in [-0.2, 0) is 4.79 Å². The van der Waals surface area contributed by atoms with Crippen LogP contribution >= 0.6 is 0 Å². The van der Waals surface area contributed by atoms with Gasteiger partial charge in [0.05, 0.1) is 12.5 Å². The monoisotopic (exact) mass is 252 g/mol. The van der Waals surface area contributed by atoms with Crippen LogP contribution in [0.25, 0.3) is 0 Å². The summed E-state index contributed by atoms with van der Waals surface area (Å²) in [5.74, 6) is -0.200. The number of nitrogens with zero attached hydrogens (tertiary/aromatic N) is 1. The van der Waals surface area contributed by atoms with E-state index in [4.69, 9.17) is 0 Å². The molecule has 0 aromatic heterocycles. The van der Waals surface area contributed by atoms with E-state index in [2.05, 4.69) is 5.32 Å². The van der Waals surface area contributed by atoms with Crippen molar-refractivity contribution in [1.29, 1.82) is 0 Å². The molecule has 0 radical (unpaired) electrons. The molecule has 1 heterocycles. The SMILES string of the molecule is CC(C)NC1CCCN(CCC(F)(F)F)C1=O. The largest absolute Gasteiger partial charge is 0.390 e. The Morgan fingerprint density at radius 1 is 1.47 bits per heavy atom. The molecule has 0 aromatic carbocycles. The molecule has 1 rings (SSSR count). The summed E-state index contributed by atoms with van der Waals surface area (Å²) in [7, 11) is 0. The van der Waals surface area contributed by atoms with Crippen molar-refractivity contribution in [2.75, 3.05) is 13.1 Å². The zero-order chi connectivity index (χ0) is 13.1. The van der Waals surface area contributed by atoms with Crippen LogP contribution in [0, 0.1) is 0 Å². The second kappa shape index (κ2) is 5.71. The number of hydrogen-bond acceptors (Lipinski definition) is 2. The lowest BCUT2D eigenvalue weighted by Crippen LogP contribution is -2.52. The number of piperidine rings is 1. The van der Waals surface area contributed by atoms with Gasteiger partial charge in [0.25, 0.3) is 0 Å². The van der Waals surface area contributed by atoms with Crippen molar-refractivity contribution in [3.63, 3.8) is 0 Å². The van der Waals surface area contributed by atoms with Crippen molar-refractivity contribution in [2.45, 2.75) is 51.4 Å². The Morgan fingerprint density at radius 2 is 2.12 bits per heavy atom. The first kappa shape index (κ1) is 14.3. The molecule has 17 heavy (non-hydrogen) atoms. The number of rotatable bonds is 4. The predicted octanol–water partition coefficient (Wildman–Crippen LogP) is 1.93. The standard InChI is InChI=1S/C11H19F3N2O/c1-8(2)15-9-4-3-6-16(10(9)17)7-5-11(12,13)14/h8-9,15H,3-7H2,1-2H3. The molecular formula is C11H19F3N2O. The third-order valence-corrected chi connectivity index (χ3v) is 2.73. The minimum Gasteiger partial charge on any atom is -0.341 e. The Balaban J connectivity index is 2.47. The van der Waals surface area contributed by atoms with Crippen molar-refractivity contribution in [3.8, 4) is 0 Å². The summed E-state index contributed by atoms with van der Waals surface area (Å²) >= 11 is 0. The Kier molecular flexibility index (Phi) is 4.80. The van der Waals surface area contributed by atoms with Crippen molar-refractivity contribution < 1.29 is 18.0 Å². The fourth-order valence-corrected chi connectivity index (χ4v) is 1.98. The highest BCUT2D eigenvalue weighted by Gasteiger charge is 2.33. The Bertz CT molecular complexity index is 266. The maximum Gasteiger partial charge on any atom is 0.390 e. The molecule has 100 valence electrons. The van der Waals surface area contributed by atoms with E-state index in [0.717, 1.165) is 6.42 Å². The van der Waals surface area contributed by atoms with Gasteiger partial charge in [-0.1, -0.05) is 13.8 Å². The van der Waals surface area contributed by atoms with Gasteiger partial charge in [-0.05, 0) is 12.8 Å². The van der Waals surface area contributed by atoms with Crippen molar-refractivity contribution in [1.82, 2.24) is 10.2 Å². The lowest BCUT2D eigenvalue weighted by atomic mass is 10.0. The molecule has 1 aliphatic rings. The summed E-state index contributed by atoms with van der Waals surface area (Å²) < 4.78 is 36.3. The Labute approximate surface area is 99.4 Å². The smallest absolute Gasteiger partial charge is 0.341 e. The van der Waals surface area contributed by atoms with Gasteiger partial charge in [0, 0.05) is 19.1 Å². The van der Waals surface area contributed by atoms with E-state index in [9.17, 15) is 18.0 Å². The topological polar surface area (TPSA) is 32.3 Å². The molecular weight excluding hydrogens is 233 g/mol. The van der Waals surface area contributed by atoms with Crippen LogP contribution < -0.4 is 5.32 Å². The highest BCUT2D eigenvalue weighted by Crippen LogP contribution is 2.21. The predicted molar refractivity (Wildman–Crippen MR) is 58.5 cm³/mol. The van der Waals surface area contributed by atoms with Gasteiger partial charge >= 0.3 is 6.18 Å². The first-order chi connectivity index (χ1) is 7.79. The van der Waals surface area contributed by atoms with E-state index >= 15 is 0 Å². The zero-order valence-corrected chi connectivity index (χ0v) is 10.2. The third kappa shape index (κ3) is 4.93. The number of hydrogen-bond donors (Lipinski definition) is 1. The first-order valence-electron chi connectivity index (χ1n) is 5.91. The summed E-state index contributed by atoms with van der Waals surface area (Å²) in [5.41, 5.74) is 0. The van der Waals surface area contributed by atoms with E-state index < -0.39 is 12.6 Å². The summed E-state index contributed by atoms with van der Waals surface area (Å²) in [6.07, 6.45) is -3.65. The fraction of sp³-hybridized carbons (Fsp3) is 0.909. The molecule has 1 aliphatic heterocycles. The molecule has 1 unspecified atom stereocenters. The van der Waals surface area contributed by atoms with Crippen LogP contribution in [0.4, 0.5) is 13.2 Å². The molecule has 1 amide bonds. The van der Waals surface area contributed by atoms with Crippen molar-refractivity contribution in [3.05, 3.63) is 0 Å². The summed E-state index contributed by atoms with van der Waals surface area (Å²) in [5, 5.41) is 3.09. The highest BCUT2D eigenvalue weighted by atomic mass is 19.4. The molecule has 1 atom stereocenters. The van der Waals surface area contributed by atoms with Crippen molar-refractivity contribution >= 4 is 5.91 Å². The molecule has 3 nitrogen and oxygen atoms in total. The average Bonchev–Trinajstić information content (AvgIpc) is 2.17. The highest BCUT2D eigenvalue weighted by molar-refractivity contribution is 5.82. The van der Waals surface area contributed by atoms with Crippen LogP contribution in [0.15, 0.2) is 0 Å². The second-order valence-electron chi connectivity index (χ2n) is 4.71. The summed E-state index contributed by atoms with van der Waals surface area (Å²) in [6.45, 7) is 4.05. The van der Waals surface area contributed by atoms with Gasteiger partial charge in [0.1, 0.15) is 0 Å². The van der Waals surface area contributed by atoms with E-state index in [1.807, 2.05) is 13.8 Å². The van der Waals surface area contributed by atoms with Crippen LogP contribution in [0.5, 0.6) is 0 Å². The fourth-order valence-electron chi connectivity index (χ4n) is 1.98. The Morgan fingerprint density at radius 3 is 2.65 bits per heavy atom. The second-order valence-corrected chi connectivity index (χ2v) is 4.71. The summed E-state index contributed by atoms with van der Waals surface area (Å²) in [4.78, 5) is 13.2. The maximum absolute atomic E-state index is 12.1. The first-order valence-corrected chi connectivity index (χ1v) is 5.91. The van der Waals surface area contributed by atoms with Crippen LogP contribution in [0.2, 0.25) is 0 Å². The van der Waals surface area contributed by atoms with Crippen LogP contribution in [0.3, 0.4) is 0 Å². The van der Waals surface area contributed by atoms with E-state index in [1.54, 1.807) is 0 Å². The number of halogens is 3. The molecule has 1 fully saturated rings. The van der Waals surface area contributed by atoms with Gasteiger partial charge in [-0.2, -0.15) is 13.2 Å². The number of alkyl halides is 3. The normalized spacial score (nSPS) is 22.4. The number of likely N-dealkylation sites (tertiary alicyclic amines) is 1. The summed E-state index contributed by atoms with van der Waals surface area (Å²) in [6, 6.07) is -0.163. The Hall–Kier alpha value is -0.780. The van der Waals surface area contributed by atoms with Gasteiger partial charge in [0.2, 0.25) is 5.91 Å². The molecule has 6 heteroatoms. The molecule has 0 aliphatic carbocycles. The van der Waals surface area contributed by atoms with Gasteiger partial charge < -0.3 is 10.2 Å². The van der Waals surface area contributed by atoms with Gasteiger partial charge in [-0.25, -0.2) is 0 Å². The molecule has 1 saturated heterocycles. The number of carbonyl (C=O) groups is 1. The van der Waals surface area contributed by atoms with Gasteiger partial charge in [-0.15, -0.1) is 0 Å². The molecule has 1 N–H and O–H groups in total. The lowest BCUT2D eigenvalue weighted by molar-refractivity contribution is -0.148. The molecule has 0 bridgehead atoms. The quantitative estimate of drug-likeness (QED) is 0.829. The lowest BCUT2D eigenvalue weighted by Gasteiger charge is -2.33. The third-order valence-electron chi connectivity index (χ3n) is 2.73. The minimum atomic E-state index is -4.20. The number of carbonyl (C=O) groups excluding carboxylic acids is 1. The molecule has 0 spiro atoms. The number of amides is 1. The van der Waals surface area contributed by atoms with E-state index in [0.29, 0.717) is 13.0 Å². The maximum atomic E-state index is 12.1. The van der Waals surface area contributed by atoms with Gasteiger partial charge in [0.15, 0.2) is 0 Å².